The van der Waals surface area contributed by atoms with E-state index in [4.69, 9.17) is 9.47 Å². The van der Waals surface area contributed by atoms with Gasteiger partial charge in [0.25, 0.3) is 0 Å². The van der Waals surface area contributed by atoms with Gasteiger partial charge < -0.3 is 9.47 Å². The van der Waals surface area contributed by atoms with Crippen LogP contribution in [0.1, 0.15) is 24.0 Å². The van der Waals surface area contributed by atoms with Gasteiger partial charge in [-0.25, -0.2) is 0 Å². The molecule has 0 fully saturated rings. The van der Waals surface area contributed by atoms with Crippen LogP contribution in [0.4, 0.5) is 0 Å². The molecule has 0 bridgehead atoms. The summed E-state index contributed by atoms with van der Waals surface area (Å²) < 4.78 is 10.6. The summed E-state index contributed by atoms with van der Waals surface area (Å²) in [6, 6.07) is 16.1. The Labute approximate surface area is 126 Å². The van der Waals surface area contributed by atoms with Crippen molar-refractivity contribution in [1.82, 2.24) is 0 Å². The van der Waals surface area contributed by atoms with Crippen LogP contribution in [0.3, 0.4) is 0 Å². The zero-order chi connectivity index (χ0) is 15.1. The Bertz CT molecular complexity index is 593. The van der Waals surface area contributed by atoms with Crippen molar-refractivity contribution in [3.8, 4) is 11.5 Å². The first-order valence-electron chi connectivity index (χ1n) is 7.01. The molecule has 2 aromatic carbocycles. The van der Waals surface area contributed by atoms with Gasteiger partial charge in [0.2, 0.25) is 0 Å². The molecule has 3 heteroatoms. The Kier molecular flexibility index (Phi) is 5.38. The Morgan fingerprint density at radius 3 is 2.38 bits per heavy atom. The molecule has 2 rings (SSSR count). The van der Waals surface area contributed by atoms with Crippen LogP contribution in [0.25, 0.3) is 0 Å². The third kappa shape index (κ3) is 4.09. The van der Waals surface area contributed by atoms with Crippen LogP contribution in [0.2, 0.25) is 0 Å². The quantitative estimate of drug-likeness (QED) is 0.752. The van der Waals surface area contributed by atoms with E-state index in [1.54, 1.807) is 14.2 Å². The molecular formula is C18H21NO2. The van der Waals surface area contributed by atoms with Gasteiger partial charge in [0.15, 0.2) is 11.5 Å². The average Bonchev–Trinajstić information content (AvgIpc) is 2.55. The summed E-state index contributed by atoms with van der Waals surface area (Å²) in [6.45, 7) is 2.90. The Morgan fingerprint density at radius 1 is 1.00 bits per heavy atom. The molecule has 0 spiro atoms. The number of nitrogens with zero attached hydrogens (tertiary/aromatic N) is 1. The summed E-state index contributed by atoms with van der Waals surface area (Å²) >= 11 is 0. The molecule has 0 aromatic heterocycles. The highest BCUT2D eigenvalue weighted by Crippen LogP contribution is 2.30. The van der Waals surface area contributed by atoms with E-state index in [1.165, 1.54) is 5.56 Å². The van der Waals surface area contributed by atoms with Crippen molar-refractivity contribution in [3.05, 3.63) is 59.7 Å². The summed E-state index contributed by atoms with van der Waals surface area (Å²) in [4.78, 5) is 4.52. The van der Waals surface area contributed by atoms with Crippen LogP contribution in [0.5, 0.6) is 11.5 Å². The number of benzene rings is 2. The standard InChI is InChI=1S/C18H21NO2/c1-14(12-19-13-15-7-5-4-6-8-15)16-9-10-17(20-2)18(11-16)21-3/h4-11,13-14H,12H2,1-3H3. The fourth-order valence-corrected chi connectivity index (χ4v) is 2.12. The second-order valence-corrected chi connectivity index (χ2v) is 4.92. The van der Waals surface area contributed by atoms with Gasteiger partial charge in [-0.3, -0.25) is 4.99 Å². The van der Waals surface area contributed by atoms with Crippen LogP contribution in [-0.2, 0) is 0 Å². The molecule has 0 aliphatic rings. The van der Waals surface area contributed by atoms with Gasteiger partial charge >= 0.3 is 0 Å². The zero-order valence-electron chi connectivity index (χ0n) is 12.7. The van der Waals surface area contributed by atoms with Gasteiger partial charge in [0, 0.05) is 18.7 Å². The number of aliphatic imine (C=N–C) groups is 1. The summed E-state index contributed by atoms with van der Waals surface area (Å²) in [7, 11) is 3.30. The van der Waals surface area contributed by atoms with Crippen LogP contribution < -0.4 is 9.47 Å². The maximum Gasteiger partial charge on any atom is 0.160 e. The molecule has 3 nitrogen and oxygen atoms in total. The number of ether oxygens (including phenoxy) is 2. The molecule has 0 radical (unpaired) electrons. The minimum absolute atomic E-state index is 0.324. The SMILES string of the molecule is COc1ccc(C(C)CN=Cc2ccccc2)cc1OC. The normalized spacial score (nSPS) is 12.3. The monoisotopic (exact) mass is 283 g/mol. The molecule has 1 atom stereocenters. The third-order valence-electron chi connectivity index (χ3n) is 3.40. The summed E-state index contributed by atoms with van der Waals surface area (Å²) in [5.74, 6) is 1.83. The van der Waals surface area contributed by atoms with Gasteiger partial charge in [-0.05, 0) is 23.3 Å². The summed E-state index contributed by atoms with van der Waals surface area (Å²) in [5, 5.41) is 0. The molecule has 0 amide bonds. The van der Waals surface area contributed by atoms with Crippen LogP contribution in [0.15, 0.2) is 53.5 Å². The van der Waals surface area contributed by atoms with E-state index >= 15 is 0 Å². The van der Waals surface area contributed by atoms with Gasteiger partial charge in [0.1, 0.15) is 0 Å². The third-order valence-corrected chi connectivity index (χ3v) is 3.40. The topological polar surface area (TPSA) is 30.8 Å². The first-order valence-corrected chi connectivity index (χ1v) is 7.01. The predicted molar refractivity (Wildman–Crippen MR) is 86.9 cm³/mol. The Hall–Kier alpha value is -2.29. The highest BCUT2D eigenvalue weighted by atomic mass is 16.5. The van der Waals surface area contributed by atoms with E-state index < -0.39 is 0 Å². The highest BCUT2D eigenvalue weighted by molar-refractivity contribution is 5.79. The number of methoxy groups -OCH3 is 2. The molecule has 0 aliphatic carbocycles. The second kappa shape index (κ2) is 7.48. The van der Waals surface area contributed by atoms with Gasteiger partial charge in [0.05, 0.1) is 14.2 Å². The molecule has 1 unspecified atom stereocenters. The van der Waals surface area contributed by atoms with Gasteiger partial charge in [-0.2, -0.15) is 0 Å². The van der Waals surface area contributed by atoms with Crippen LogP contribution >= 0.6 is 0 Å². The van der Waals surface area contributed by atoms with Crippen molar-refractivity contribution in [3.63, 3.8) is 0 Å². The number of hydrogen-bond acceptors (Lipinski definition) is 3. The maximum atomic E-state index is 5.34. The largest absolute Gasteiger partial charge is 0.493 e. The fourth-order valence-electron chi connectivity index (χ4n) is 2.12. The lowest BCUT2D eigenvalue weighted by Crippen LogP contribution is -2.00. The Balaban J connectivity index is 2.03. The smallest absolute Gasteiger partial charge is 0.160 e. The maximum absolute atomic E-state index is 5.34. The zero-order valence-corrected chi connectivity index (χ0v) is 12.7. The van der Waals surface area contributed by atoms with Gasteiger partial charge in [-0.1, -0.05) is 43.3 Å². The minimum Gasteiger partial charge on any atom is -0.493 e. The highest BCUT2D eigenvalue weighted by Gasteiger charge is 2.09. The van der Waals surface area contributed by atoms with Crippen molar-refractivity contribution in [2.75, 3.05) is 20.8 Å². The average molecular weight is 283 g/mol. The molecule has 21 heavy (non-hydrogen) atoms. The van der Waals surface area contributed by atoms with E-state index in [-0.39, 0.29) is 0 Å². The lowest BCUT2D eigenvalue weighted by Gasteiger charge is -2.13. The summed E-state index contributed by atoms with van der Waals surface area (Å²) in [5.41, 5.74) is 2.31. The van der Waals surface area contributed by atoms with E-state index in [1.807, 2.05) is 48.7 Å². The van der Waals surface area contributed by atoms with Crippen LogP contribution in [-0.4, -0.2) is 27.0 Å². The van der Waals surface area contributed by atoms with Crippen molar-refractivity contribution < 1.29 is 9.47 Å². The van der Waals surface area contributed by atoms with Gasteiger partial charge in [-0.15, -0.1) is 0 Å². The first-order chi connectivity index (χ1) is 10.2. The van der Waals surface area contributed by atoms with E-state index in [2.05, 4.69) is 18.0 Å². The molecule has 0 saturated heterocycles. The molecule has 0 heterocycles. The van der Waals surface area contributed by atoms with Crippen LogP contribution in [0, 0.1) is 0 Å². The fraction of sp³-hybridized carbons (Fsp3) is 0.278. The Morgan fingerprint density at radius 2 is 1.71 bits per heavy atom. The molecular weight excluding hydrogens is 262 g/mol. The number of rotatable bonds is 6. The van der Waals surface area contributed by atoms with Crippen molar-refractivity contribution in [2.45, 2.75) is 12.8 Å². The lowest BCUT2D eigenvalue weighted by molar-refractivity contribution is 0.354. The van der Waals surface area contributed by atoms with Crippen molar-refractivity contribution >= 4 is 6.21 Å². The lowest BCUT2D eigenvalue weighted by atomic mass is 10.0. The number of hydrogen-bond donors (Lipinski definition) is 0. The molecule has 0 N–H and O–H groups in total. The summed E-state index contributed by atoms with van der Waals surface area (Å²) in [6.07, 6.45) is 1.91. The predicted octanol–water partition coefficient (Wildman–Crippen LogP) is 3.93. The van der Waals surface area contributed by atoms with E-state index in [0.717, 1.165) is 23.6 Å². The molecule has 0 saturated carbocycles. The van der Waals surface area contributed by atoms with Crippen molar-refractivity contribution in [2.24, 2.45) is 4.99 Å². The minimum atomic E-state index is 0.324. The molecule has 110 valence electrons. The van der Waals surface area contributed by atoms with E-state index in [9.17, 15) is 0 Å². The molecule has 2 aromatic rings. The second-order valence-electron chi connectivity index (χ2n) is 4.92. The van der Waals surface area contributed by atoms with E-state index in [0.29, 0.717) is 5.92 Å². The van der Waals surface area contributed by atoms with Crippen molar-refractivity contribution in [1.29, 1.82) is 0 Å². The first kappa shape index (κ1) is 15.1. The molecule has 0 aliphatic heterocycles.